The van der Waals surface area contributed by atoms with Crippen LogP contribution in [0.5, 0.6) is 17.2 Å². The highest BCUT2D eigenvalue weighted by Crippen LogP contribution is 2.38. The Morgan fingerprint density at radius 3 is 2.62 bits per heavy atom. The van der Waals surface area contributed by atoms with Crippen molar-refractivity contribution in [2.45, 2.75) is 19.6 Å². The summed E-state index contributed by atoms with van der Waals surface area (Å²) in [7, 11) is 2.85. The SMILES string of the molecule is CN=C(NCCC(=O)OC)NCc1cc2c(cc1OC(F)F)OCO2.I. The molecular formula is C15H20F2IN3O5. The number of hydrogen-bond donors (Lipinski definition) is 2. The lowest BCUT2D eigenvalue weighted by molar-refractivity contribution is -0.140. The Morgan fingerprint density at radius 1 is 1.31 bits per heavy atom. The predicted octanol–water partition coefficient (Wildman–Crippen LogP) is 1.86. The maximum Gasteiger partial charge on any atom is 0.387 e. The Kier molecular flexibility index (Phi) is 9.16. The van der Waals surface area contributed by atoms with E-state index >= 15 is 0 Å². The summed E-state index contributed by atoms with van der Waals surface area (Å²) in [6.07, 6.45) is 0.168. The van der Waals surface area contributed by atoms with Crippen LogP contribution in [0.2, 0.25) is 0 Å². The maximum atomic E-state index is 12.6. The largest absolute Gasteiger partial charge is 0.469 e. The minimum Gasteiger partial charge on any atom is -0.469 e. The summed E-state index contributed by atoms with van der Waals surface area (Å²) < 4.78 is 44.7. The van der Waals surface area contributed by atoms with Gasteiger partial charge in [-0.25, -0.2) is 0 Å². The first-order valence-electron chi connectivity index (χ1n) is 7.42. The average Bonchev–Trinajstić information content (AvgIpc) is 3.04. The van der Waals surface area contributed by atoms with Gasteiger partial charge < -0.3 is 29.6 Å². The number of guanidine groups is 1. The van der Waals surface area contributed by atoms with E-state index in [9.17, 15) is 13.6 Å². The van der Waals surface area contributed by atoms with Crippen molar-refractivity contribution in [1.82, 2.24) is 10.6 Å². The fraction of sp³-hybridized carbons (Fsp3) is 0.467. The van der Waals surface area contributed by atoms with Gasteiger partial charge in [0.25, 0.3) is 0 Å². The number of carbonyl (C=O) groups is 1. The Labute approximate surface area is 166 Å². The first-order valence-corrected chi connectivity index (χ1v) is 7.42. The highest BCUT2D eigenvalue weighted by Gasteiger charge is 2.20. The molecule has 1 aliphatic heterocycles. The molecule has 1 heterocycles. The summed E-state index contributed by atoms with van der Waals surface area (Å²) in [5, 5.41) is 5.86. The van der Waals surface area contributed by atoms with Crippen LogP contribution in [0.4, 0.5) is 8.78 Å². The third kappa shape index (κ3) is 6.35. The summed E-state index contributed by atoms with van der Waals surface area (Å²) in [4.78, 5) is 15.1. The molecule has 11 heteroatoms. The normalized spacial score (nSPS) is 12.4. The molecule has 0 aliphatic carbocycles. The second-order valence-electron chi connectivity index (χ2n) is 4.87. The number of carbonyl (C=O) groups excluding carboxylic acids is 1. The van der Waals surface area contributed by atoms with Crippen molar-refractivity contribution in [1.29, 1.82) is 0 Å². The Morgan fingerprint density at radius 2 is 2.00 bits per heavy atom. The second kappa shape index (κ2) is 10.8. The monoisotopic (exact) mass is 487 g/mol. The molecule has 0 bridgehead atoms. The number of rotatable bonds is 7. The summed E-state index contributed by atoms with van der Waals surface area (Å²) in [6.45, 7) is -2.47. The fourth-order valence-electron chi connectivity index (χ4n) is 2.09. The van der Waals surface area contributed by atoms with Gasteiger partial charge in [-0.15, -0.1) is 24.0 Å². The molecule has 0 fully saturated rings. The van der Waals surface area contributed by atoms with Crippen LogP contribution in [0, 0.1) is 0 Å². The molecular weight excluding hydrogens is 467 g/mol. The van der Waals surface area contributed by atoms with Crippen LogP contribution in [0.1, 0.15) is 12.0 Å². The van der Waals surface area contributed by atoms with E-state index in [2.05, 4.69) is 25.1 Å². The minimum atomic E-state index is -2.96. The fourth-order valence-corrected chi connectivity index (χ4v) is 2.09. The number of fused-ring (bicyclic) bond motifs is 1. The van der Waals surface area contributed by atoms with E-state index in [1.54, 1.807) is 13.1 Å². The number of ether oxygens (including phenoxy) is 4. The second-order valence-corrected chi connectivity index (χ2v) is 4.87. The van der Waals surface area contributed by atoms with Crippen LogP contribution in [0.15, 0.2) is 17.1 Å². The third-order valence-electron chi connectivity index (χ3n) is 3.29. The first-order chi connectivity index (χ1) is 12.0. The van der Waals surface area contributed by atoms with Gasteiger partial charge in [0, 0.05) is 31.8 Å². The van der Waals surface area contributed by atoms with E-state index in [-0.39, 0.29) is 55.5 Å². The molecule has 0 saturated carbocycles. The zero-order valence-corrected chi connectivity index (χ0v) is 16.5. The highest BCUT2D eigenvalue weighted by atomic mass is 127. The van der Waals surface area contributed by atoms with Gasteiger partial charge >= 0.3 is 12.6 Å². The van der Waals surface area contributed by atoms with E-state index in [1.807, 2.05) is 0 Å². The predicted molar refractivity (Wildman–Crippen MR) is 99.4 cm³/mol. The van der Waals surface area contributed by atoms with Crippen LogP contribution in [-0.2, 0) is 16.1 Å². The highest BCUT2D eigenvalue weighted by molar-refractivity contribution is 14.0. The van der Waals surface area contributed by atoms with Gasteiger partial charge in [0.15, 0.2) is 17.5 Å². The van der Waals surface area contributed by atoms with E-state index < -0.39 is 6.61 Å². The van der Waals surface area contributed by atoms with Crippen molar-refractivity contribution in [3.63, 3.8) is 0 Å². The molecule has 0 atom stereocenters. The average molecular weight is 487 g/mol. The van der Waals surface area contributed by atoms with Crippen molar-refractivity contribution >= 4 is 35.9 Å². The number of methoxy groups -OCH3 is 1. The van der Waals surface area contributed by atoms with Crippen molar-refractivity contribution in [2.75, 3.05) is 27.5 Å². The van der Waals surface area contributed by atoms with Gasteiger partial charge in [-0.1, -0.05) is 0 Å². The molecule has 2 rings (SSSR count). The number of halogens is 3. The van der Waals surface area contributed by atoms with Gasteiger partial charge in [0.05, 0.1) is 13.5 Å². The number of benzene rings is 1. The van der Waals surface area contributed by atoms with Crippen LogP contribution in [-0.4, -0.2) is 46.0 Å². The molecule has 0 saturated heterocycles. The first kappa shape index (κ1) is 22.0. The zero-order valence-electron chi connectivity index (χ0n) is 14.2. The number of hydrogen-bond acceptors (Lipinski definition) is 6. The lowest BCUT2D eigenvalue weighted by atomic mass is 10.1. The molecule has 26 heavy (non-hydrogen) atoms. The van der Waals surface area contributed by atoms with Gasteiger partial charge in [0.1, 0.15) is 5.75 Å². The van der Waals surface area contributed by atoms with Crippen molar-refractivity contribution in [2.24, 2.45) is 4.99 Å². The number of aliphatic imine (C=N–C) groups is 1. The molecule has 1 aliphatic rings. The quantitative estimate of drug-likeness (QED) is 0.263. The minimum absolute atomic E-state index is 0. The zero-order chi connectivity index (χ0) is 18.2. The van der Waals surface area contributed by atoms with E-state index in [1.165, 1.54) is 13.2 Å². The molecule has 8 nitrogen and oxygen atoms in total. The Bertz CT molecular complexity index is 646. The van der Waals surface area contributed by atoms with E-state index in [0.29, 0.717) is 29.6 Å². The molecule has 0 aromatic heterocycles. The standard InChI is InChI=1S/C15H19F2N3O5.HI/c1-18-15(19-4-3-13(21)22-2)20-7-9-5-11-12(24-8-23-11)6-10(9)25-14(16)17;/h5-6,14H,3-4,7-8H2,1-2H3,(H2,18,19,20);1H. The lowest BCUT2D eigenvalue weighted by Crippen LogP contribution is -2.38. The molecule has 146 valence electrons. The van der Waals surface area contributed by atoms with Gasteiger partial charge in [0.2, 0.25) is 6.79 Å². The summed E-state index contributed by atoms with van der Waals surface area (Å²) >= 11 is 0. The molecule has 0 spiro atoms. The molecule has 2 N–H and O–H groups in total. The number of nitrogens with one attached hydrogen (secondary N) is 2. The topological polar surface area (TPSA) is 90.4 Å². The van der Waals surface area contributed by atoms with Crippen LogP contribution in [0.3, 0.4) is 0 Å². The summed E-state index contributed by atoms with van der Waals surface area (Å²) in [6, 6.07) is 2.92. The molecule has 0 unspecified atom stereocenters. The molecule has 1 aromatic carbocycles. The molecule has 0 radical (unpaired) electrons. The van der Waals surface area contributed by atoms with Crippen molar-refractivity contribution in [3.8, 4) is 17.2 Å². The van der Waals surface area contributed by atoms with Crippen molar-refractivity contribution in [3.05, 3.63) is 17.7 Å². The number of alkyl halides is 2. The summed E-state index contributed by atoms with van der Waals surface area (Å²) in [5.74, 6) is 0.819. The maximum absolute atomic E-state index is 12.6. The Balaban J connectivity index is 0.00000338. The van der Waals surface area contributed by atoms with Gasteiger partial charge in [-0.3, -0.25) is 9.79 Å². The third-order valence-corrected chi connectivity index (χ3v) is 3.29. The van der Waals surface area contributed by atoms with E-state index in [4.69, 9.17) is 9.47 Å². The Hall–Kier alpha value is -2.05. The van der Waals surface area contributed by atoms with Crippen LogP contribution < -0.4 is 24.8 Å². The van der Waals surface area contributed by atoms with Crippen molar-refractivity contribution < 1.29 is 32.5 Å². The van der Waals surface area contributed by atoms with Crippen LogP contribution in [0.25, 0.3) is 0 Å². The van der Waals surface area contributed by atoms with E-state index in [0.717, 1.165) is 0 Å². The molecule has 1 aromatic rings. The van der Waals surface area contributed by atoms with Gasteiger partial charge in [-0.2, -0.15) is 8.78 Å². The summed E-state index contributed by atoms with van der Waals surface area (Å²) in [5.41, 5.74) is 0.445. The van der Waals surface area contributed by atoms with Crippen LogP contribution >= 0.6 is 24.0 Å². The number of nitrogens with zero attached hydrogens (tertiary/aromatic N) is 1. The number of esters is 1. The lowest BCUT2D eigenvalue weighted by Gasteiger charge is -2.15. The van der Waals surface area contributed by atoms with Gasteiger partial charge in [-0.05, 0) is 6.07 Å². The molecule has 0 amide bonds. The smallest absolute Gasteiger partial charge is 0.387 e.